The second-order valence-corrected chi connectivity index (χ2v) is 2.90. The van der Waals surface area contributed by atoms with Gasteiger partial charge in [-0.2, -0.15) is 0 Å². The molecule has 16 heavy (non-hydrogen) atoms. The average Bonchev–Trinajstić information content (AvgIpc) is 2.27. The van der Waals surface area contributed by atoms with Gasteiger partial charge in [0, 0.05) is 6.20 Å². The maximum atomic E-state index is 11.2. The van der Waals surface area contributed by atoms with E-state index < -0.39 is 11.9 Å². The second-order valence-electron chi connectivity index (χ2n) is 2.90. The molecule has 1 heterocycles. The number of carbonyl (C=O) groups excluding carboxylic acids is 1. The van der Waals surface area contributed by atoms with Gasteiger partial charge in [-0.15, -0.1) is 0 Å². The third kappa shape index (κ3) is 3.56. The summed E-state index contributed by atoms with van der Waals surface area (Å²) in [5.74, 6) is -1.02. The highest BCUT2D eigenvalue weighted by molar-refractivity contribution is 5.89. The molecule has 0 saturated heterocycles. The highest BCUT2D eigenvalue weighted by Crippen LogP contribution is 2.05. The standard InChI is InChI=1S/C10H12N2O4/c1-2-16-10(15)7-3-4-8(11-5-7)12-6-9(13)14/h3-5H,2,6H2,1H3,(H,11,12)(H,13,14). The summed E-state index contributed by atoms with van der Waals surface area (Å²) in [6, 6.07) is 3.05. The van der Waals surface area contributed by atoms with E-state index >= 15 is 0 Å². The lowest BCUT2D eigenvalue weighted by atomic mass is 10.3. The van der Waals surface area contributed by atoms with Crippen LogP contribution in [0, 0.1) is 0 Å². The van der Waals surface area contributed by atoms with Crippen molar-refractivity contribution in [2.45, 2.75) is 6.92 Å². The van der Waals surface area contributed by atoms with E-state index in [0.29, 0.717) is 18.0 Å². The molecular formula is C10H12N2O4. The molecule has 0 aliphatic carbocycles. The molecule has 1 aromatic heterocycles. The lowest BCUT2D eigenvalue weighted by Gasteiger charge is -2.04. The van der Waals surface area contributed by atoms with Gasteiger partial charge in [0.1, 0.15) is 12.4 Å². The number of hydrogen-bond donors (Lipinski definition) is 2. The summed E-state index contributed by atoms with van der Waals surface area (Å²) in [5, 5.41) is 11.0. The third-order valence-electron chi connectivity index (χ3n) is 1.70. The first-order chi connectivity index (χ1) is 7.63. The van der Waals surface area contributed by atoms with Gasteiger partial charge in [0.15, 0.2) is 0 Å². The normalized spacial score (nSPS) is 9.56. The molecule has 1 aromatic rings. The number of nitrogens with one attached hydrogen (secondary N) is 1. The molecule has 2 N–H and O–H groups in total. The van der Waals surface area contributed by atoms with E-state index in [1.165, 1.54) is 18.3 Å². The van der Waals surface area contributed by atoms with Gasteiger partial charge in [0.2, 0.25) is 0 Å². The molecule has 0 aliphatic rings. The molecule has 86 valence electrons. The van der Waals surface area contributed by atoms with E-state index in [1.54, 1.807) is 6.92 Å². The zero-order chi connectivity index (χ0) is 12.0. The summed E-state index contributed by atoms with van der Waals surface area (Å²) in [6.45, 7) is 1.80. The van der Waals surface area contributed by atoms with Crippen molar-refractivity contribution in [2.75, 3.05) is 18.5 Å². The zero-order valence-electron chi connectivity index (χ0n) is 8.77. The van der Waals surface area contributed by atoms with Crippen molar-refractivity contribution < 1.29 is 19.4 Å². The summed E-state index contributed by atoms with van der Waals surface area (Å²) < 4.78 is 4.77. The van der Waals surface area contributed by atoms with Gasteiger partial charge in [-0.25, -0.2) is 9.78 Å². The van der Waals surface area contributed by atoms with Crippen LogP contribution < -0.4 is 5.32 Å². The van der Waals surface area contributed by atoms with Crippen molar-refractivity contribution in [3.63, 3.8) is 0 Å². The van der Waals surface area contributed by atoms with Crippen LogP contribution in [0.25, 0.3) is 0 Å². The number of carboxylic acids is 1. The molecule has 0 aliphatic heterocycles. The van der Waals surface area contributed by atoms with Crippen LogP contribution in [0.2, 0.25) is 0 Å². The van der Waals surface area contributed by atoms with E-state index in [0.717, 1.165) is 0 Å². The molecule has 0 unspecified atom stereocenters. The van der Waals surface area contributed by atoms with Crippen LogP contribution in [-0.2, 0) is 9.53 Å². The first kappa shape index (κ1) is 12.0. The van der Waals surface area contributed by atoms with Gasteiger partial charge in [-0.3, -0.25) is 4.79 Å². The quantitative estimate of drug-likeness (QED) is 0.717. The number of ether oxygens (including phenoxy) is 1. The van der Waals surface area contributed by atoms with Gasteiger partial charge in [0.05, 0.1) is 12.2 Å². The number of carbonyl (C=O) groups is 2. The largest absolute Gasteiger partial charge is 0.480 e. The minimum Gasteiger partial charge on any atom is -0.480 e. The molecule has 0 radical (unpaired) electrons. The number of aliphatic carboxylic acids is 1. The lowest BCUT2D eigenvalue weighted by molar-refractivity contribution is -0.134. The van der Waals surface area contributed by atoms with Crippen molar-refractivity contribution >= 4 is 17.8 Å². The monoisotopic (exact) mass is 224 g/mol. The predicted octanol–water partition coefficient (Wildman–Crippen LogP) is 0.755. The van der Waals surface area contributed by atoms with E-state index in [9.17, 15) is 9.59 Å². The number of pyridine rings is 1. The predicted molar refractivity (Wildman–Crippen MR) is 56.3 cm³/mol. The molecule has 0 fully saturated rings. The summed E-state index contributed by atoms with van der Waals surface area (Å²) in [5.41, 5.74) is 0.336. The number of rotatable bonds is 5. The van der Waals surface area contributed by atoms with Crippen LogP contribution in [0.4, 0.5) is 5.82 Å². The van der Waals surface area contributed by atoms with Gasteiger partial charge in [-0.1, -0.05) is 0 Å². The van der Waals surface area contributed by atoms with Crippen molar-refractivity contribution in [3.05, 3.63) is 23.9 Å². The van der Waals surface area contributed by atoms with Crippen molar-refractivity contribution in [3.8, 4) is 0 Å². The Balaban J connectivity index is 2.60. The molecule has 0 aromatic carbocycles. The maximum Gasteiger partial charge on any atom is 0.339 e. The van der Waals surface area contributed by atoms with Gasteiger partial charge >= 0.3 is 11.9 Å². The van der Waals surface area contributed by atoms with Gasteiger partial charge in [0.25, 0.3) is 0 Å². The Labute approximate surface area is 92.3 Å². The number of aromatic nitrogens is 1. The molecular weight excluding hydrogens is 212 g/mol. The molecule has 0 bridgehead atoms. The fourth-order valence-corrected chi connectivity index (χ4v) is 1.000. The maximum absolute atomic E-state index is 11.2. The Hall–Kier alpha value is -2.11. The fraction of sp³-hybridized carbons (Fsp3) is 0.300. The molecule has 0 spiro atoms. The number of esters is 1. The molecule has 0 atom stereocenters. The molecule has 6 heteroatoms. The van der Waals surface area contributed by atoms with Crippen LogP contribution in [0.5, 0.6) is 0 Å². The number of hydrogen-bond acceptors (Lipinski definition) is 5. The highest BCUT2D eigenvalue weighted by Gasteiger charge is 2.06. The van der Waals surface area contributed by atoms with Gasteiger partial charge in [-0.05, 0) is 19.1 Å². The summed E-state index contributed by atoms with van der Waals surface area (Å²) in [4.78, 5) is 25.4. The average molecular weight is 224 g/mol. The van der Waals surface area contributed by atoms with Crippen LogP contribution >= 0.6 is 0 Å². The zero-order valence-corrected chi connectivity index (χ0v) is 8.77. The summed E-state index contributed by atoms with van der Waals surface area (Å²) >= 11 is 0. The first-order valence-corrected chi connectivity index (χ1v) is 4.72. The van der Waals surface area contributed by atoms with Crippen LogP contribution in [0.3, 0.4) is 0 Å². The van der Waals surface area contributed by atoms with E-state index in [4.69, 9.17) is 9.84 Å². The Bertz CT molecular complexity index is 375. The van der Waals surface area contributed by atoms with Crippen LogP contribution in [0.15, 0.2) is 18.3 Å². The van der Waals surface area contributed by atoms with Crippen molar-refractivity contribution in [1.29, 1.82) is 0 Å². The highest BCUT2D eigenvalue weighted by atomic mass is 16.5. The fourth-order valence-electron chi connectivity index (χ4n) is 1.000. The molecule has 0 amide bonds. The molecule has 0 saturated carbocycles. The summed E-state index contributed by atoms with van der Waals surface area (Å²) in [6.07, 6.45) is 1.34. The third-order valence-corrected chi connectivity index (χ3v) is 1.70. The minimum absolute atomic E-state index is 0.217. The molecule has 1 rings (SSSR count). The Morgan fingerprint density at radius 3 is 2.75 bits per heavy atom. The lowest BCUT2D eigenvalue weighted by Crippen LogP contribution is -2.13. The number of carboxylic acid groups (broad SMARTS) is 1. The number of anilines is 1. The Morgan fingerprint density at radius 1 is 1.50 bits per heavy atom. The summed E-state index contributed by atoms with van der Waals surface area (Å²) in [7, 11) is 0. The van der Waals surface area contributed by atoms with Crippen LogP contribution in [-0.4, -0.2) is 35.2 Å². The first-order valence-electron chi connectivity index (χ1n) is 4.72. The van der Waals surface area contributed by atoms with Crippen molar-refractivity contribution in [1.82, 2.24) is 4.98 Å². The molecule has 6 nitrogen and oxygen atoms in total. The topological polar surface area (TPSA) is 88.5 Å². The van der Waals surface area contributed by atoms with Gasteiger partial charge < -0.3 is 15.2 Å². The van der Waals surface area contributed by atoms with Crippen LogP contribution in [0.1, 0.15) is 17.3 Å². The van der Waals surface area contributed by atoms with E-state index in [1.807, 2.05) is 0 Å². The number of nitrogens with zero attached hydrogens (tertiary/aromatic N) is 1. The van der Waals surface area contributed by atoms with E-state index in [-0.39, 0.29) is 6.54 Å². The smallest absolute Gasteiger partial charge is 0.339 e. The Morgan fingerprint density at radius 2 is 2.25 bits per heavy atom. The van der Waals surface area contributed by atoms with Crippen molar-refractivity contribution in [2.24, 2.45) is 0 Å². The Kier molecular flexibility index (Phi) is 4.26. The minimum atomic E-state index is -0.976. The SMILES string of the molecule is CCOC(=O)c1ccc(NCC(=O)O)nc1. The second kappa shape index (κ2) is 5.69. The van der Waals surface area contributed by atoms with E-state index in [2.05, 4.69) is 10.3 Å².